The number of amides is 1. The highest BCUT2D eigenvalue weighted by molar-refractivity contribution is 5.85. The van der Waals surface area contributed by atoms with Crippen molar-refractivity contribution in [3.63, 3.8) is 0 Å². The van der Waals surface area contributed by atoms with E-state index >= 15 is 0 Å². The van der Waals surface area contributed by atoms with Gasteiger partial charge in [0.25, 0.3) is 0 Å². The molecule has 0 aromatic heterocycles. The third kappa shape index (κ3) is 3.17. The average Bonchev–Trinajstić information content (AvgIpc) is 2.43. The Bertz CT molecular complexity index is 512. The summed E-state index contributed by atoms with van der Waals surface area (Å²) in [5.74, 6) is -1.25. The van der Waals surface area contributed by atoms with E-state index in [1.165, 1.54) is 4.90 Å². The molecule has 0 radical (unpaired) electrons. The van der Waals surface area contributed by atoms with Crippen molar-refractivity contribution in [2.45, 2.75) is 39.0 Å². The molecule has 0 aliphatic carbocycles. The number of fused-ring (bicyclic) bond motifs is 1. The van der Waals surface area contributed by atoms with E-state index in [1.54, 1.807) is 0 Å². The van der Waals surface area contributed by atoms with Crippen molar-refractivity contribution < 1.29 is 19.4 Å². The van der Waals surface area contributed by atoms with E-state index < -0.39 is 12.0 Å². The minimum atomic E-state index is -0.975. The maximum atomic E-state index is 12.2. The van der Waals surface area contributed by atoms with Gasteiger partial charge in [0, 0.05) is 13.0 Å². The standard InChI is InChI=1S/C15H19NO4/c1-10(2)20-9-14(17)16-8-12-6-4-3-5-11(12)7-13(16)15(18)19/h3-6,10,13H,7-9H2,1-2H3,(H,18,19)/t13-/m0/s1. The fraction of sp³-hybridized carbons (Fsp3) is 0.467. The second-order valence-corrected chi connectivity index (χ2v) is 5.21. The molecule has 1 amide bonds. The van der Waals surface area contributed by atoms with Crippen LogP contribution in [0.5, 0.6) is 0 Å². The zero-order valence-electron chi connectivity index (χ0n) is 11.7. The Morgan fingerprint density at radius 2 is 2.00 bits per heavy atom. The van der Waals surface area contributed by atoms with E-state index in [9.17, 15) is 14.7 Å². The molecule has 1 aliphatic heterocycles. The van der Waals surface area contributed by atoms with Gasteiger partial charge in [-0.05, 0) is 25.0 Å². The van der Waals surface area contributed by atoms with Crippen LogP contribution in [0.15, 0.2) is 24.3 Å². The molecule has 0 unspecified atom stereocenters. The number of carbonyl (C=O) groups excluding carboxylic acids is 1. The Morgan fingerprint density at radius 1 is 1.35 bits per heavy atom. The van der Waals surface area contributed by atoms with Crippen LogP contribution in [0.2, 0.25) is 0 Å². The highest BCUT2D eigenvalue weighted by Gasteiger charge is 2.34. The molecule has 1 atom stereocenters. The van der Waals surface area contributed by atoms with Crippen molar-refractivity contribution in [3.8, 4) is 0 Å². The zero-order valence-corrected chi connectivity index (χ0v) is 11.7. The van der Waals surface area contributed by atoms with Crippen LogP contribution >= 0.6 is 0 Å². The van der Waals surface area contributed by atoms with Gasteiger partial charge >= 0.3 is 5.97 Å². The van der Waals surface area contributed by atoms with Crippen molar-refractivity contribution in [1.29, 1.82) is 0 Å². The number of carboxylic acids is 1. The molecule has 0 spiro atoms. The fourth-order valence-electron chi connectivity index (χ4n) is 2.33. The molecule has 0 bridgehead atoms. The van der Waals surface area contributed by atoms with Gasteiger partial charge in [0.15, 0.2) is 0 Å². The van der Waals surface area contributed by atoms with Crippen LogP contribution in [-0.2, 0) is 27.3 Å². The third-order valence-electron chi connectivity index (χ3n) is 3.39. The molecule has 1 N–H and O–H groups in total. The van der Waals surface area contributed by atoms with Crippen molar-refractivity contribution >= 4 is 11.9 Å². The van der Waals surface area contributed by atoms with Crippen molar-refractivity contribution in [2.24, 2.45) is 0 Å². The third-order valence-corrected chi connectivity index (χ3v) is 3.39. The van der Waals surface area contributed by atoms with Gasteiger partial charge in [0.2, 0.25) is 5.91 Å². The van der Waals surface area contributed by atoms with Crippen LogP contribution < -0.4 is 0 Å². The first kappa shape index (κ1) is 14.5. The van der Waals surface area contributed by atoms with Gasteiger partial charge in [-0.3, -0.25) is 4.79 Å². The van der Waals surface area contributed by atoms with Crippen molar-refractivity contribution in [3.05, 3.63) is 35.4 Å². The quantitative estimate of drug-likeness (QED) is 0.904. The van der Waals surface area contributed by atoms with E-state index in [2.05, 4.69) is 0 Å². The van der Waals surface area contributed by atoms with E-state index in [0.717, 1.165) is 11.1 Å². The molecular weight excluding hydrogens is 258 g/mol. The van der Waals surface area contributed by atoms with Gasteiger partial charge in [-0.1, -0.05) is 24.3 Å². The minimum Gasteiger partial charge on any atom is -0.480 e. The molecule has 0 saturated carbocycles. The number of aliphatic carboxylic acids is 1. The van der Waals surface area contributed by atoms with E-state index in [-0.39, 0.29) is 18.6 Å². The van der Waals surface area contributed by atoms with Gasteiger partial charge in [0.05, 0.1) is 6.10 Å². The van der Waals surface area contributed by atoms with E-state index in [0.29, 0.717) is 13.0 Å². The lowest BCUT2D eigenvalue weighted by molar-refractivity contribution is -0.154. The highest BCUT2D eigenvalue weighted by Crippen LogP contribution is 2.23. The minimum absolute atomic E-state index is 0.0562. The first-order valence-corrected chi connectivity index (χ1v) is 6.69. The second-order valence-electron chi connectivity index (χ2n) is 5.21. The summed E-state index contributed by atoms with van der Waals surface area (Å²) in [6.07, 6.45) is 0.290. The summed E-state index contributed by atoms with van der Waals surface area (Å²) < 4.78 is 5.29. The predicted octanol–water partition coefficient (Wildman–Crippen LogP) is 1.45. The van der Waals surface area contributed by atoms with Gasteiger partial charge in [-0.2, -0.15) is 0 Å². The largest absolute Gasteiger partial charge is 0.480 e. The molecule has 2 rings (SSSR count). The molecule has 0 fully saturated rings. The van der Waals surface area contributed by atoms with Gasteiger partial charge in [-0.25, -0.2) is 4.79 Å². The summed E-state index contributed by atoms with van der Waals surface area (Å²) >= 11 is 0. The Balaban J connectivity index is 2.18. The number of ether oxygens (including phenoxy) is 1. The van der Waals surface area contributed by atoms with Crippen LogP contribution in [0.1, 0.15) is 25.0 Å². The summed E-state index contributed by atoms with van der Waals surface area (Å²) in [6.45, 7) is 3.93. The maximum absolute atomic E-state index is 12.2. The monoisotopic (exact) mass is 277 g/mol. The molecule has 1 heterocycles. The van der Waals surface area contributed by atoms with Gasteiger partial charge in [0.1, 0.15) is 12.6 Å². The molecule has 5 heteroatoms. The molecule has 20 heavy (non-hydrogen) atoms. The number of carbonyl (C=O) groups is 2. The average molecular weight is 277 g/mol. The molecule has 5 nitrogen and oxygen atoms in total. The number of carboxylic acid groups (broad SMARTS) is 1. The van der Waals surface area contributed by atoms with Crippen molar-refractivity contribution in [2.75, 3.05) is 6.61 Å². The Kier molecular flexibility index (Phi) is 4.39. The van der Waals surface area contributed by atoms with Crippen LogP contribution in [0.25, 0.3) is 0 Å². The van der Waals surface area contributed by atoms with Crippen molar-refractivity contribution in [1.82, 2.24) is 4.90 Å². The number of rotatable bonds is 4. The summed E-state index contributed by atoms with van der Waals surface area (Å²) in [5.41, 5.74) is 2.00. The zero-order chi connectivity index (χ0) is 14.7. The smallest absolute Gasteiger partial charge is 0.326 e. The Hall–Kier alpha value is -1.88. The maximum Gasteiger partial charge on any atom is 0.326 e. The molecule has 108 valence electrons. The molecule has 1 aromatic rings. The molecule has 0 saturated heterocycles. The fourth-order valence-corrected chi connectivity index (χ4v) is 2.33. The second kappa shape index (κ2) is 6.05. The summed E-state index contributed by atoms with van der Waals surface area (Å²) in [4.78, 5) is 24.9. The molecule has 1 aromatic carbocycles. The predicted molar refractivity (Wildman–Crippen MR) is 73.2 cm³/mol. The first-order valence-electron chi connectivity index (χ1n) is 6.69. The molecule has 1 aliphatic rings. The lowest BCUT2D eigenvalue weighted by Gasteiger charge is -2.34. The number of hydrogen-bond donors (Lipinski definition) is 1. The van der Waals surface area contributed by atoms with Crippen LogP contribution in [0, 0.1) is 0 Å². The summed E-state index contributed by atoms with van der Waals surface area (Å²) in [7, 11) is 0. The van der Waals surface area contributed by atoms with Crippen LogP contribution in [0.4, 0.5) is 0 Å². The SMILES string of the molecule is CC(C)OCC(=O)N1Cc2ccccc2C[C@H]1C(=O)O. The Morgan fingerprint density at radius 3 is 2.60 bits per heavy atom. The van der Waals surface area contributed by atoms with Crippen LogP contribution in [-0.4, -0.2) is 40.6 Å². The Labute approximate surface area is 118 Å². The highest BCUT2D eigenvalue weighted by atomic mass is 16.5. The van der Waals surface area contributed by atoms with Crippen LogP contribution in [0.3, 0.4) is 0 Å². The first-order chi connectivity index (χ1) is 9.49. The topological polar surface area (TPSA) is 66.8 Å². The van der Waals surface area contributed by atoms with E-state index in [4.69, 9.17) is 4.74 Å². The van der Waals surface area contributed by atoms with Gasteiger partial charge < -0.3 is 14.7 Å². The number of hydrogen-bond acceptors (Lipinski definition) is 3. The van der Waals surface area contributed by atoms with Gasteiger partial charge in [-0.15, -0.1) is 0 Å². The molecular formula is C15H19NO4. The number of nitrogens with zero attached hydrogens (tertiary/aromatic N) is 1. The summed E-state index contributed by atoms with van der Waals surface area (Å²) in [6, 6.07) is 6.81. The van der Waals surface area contributed by atoms with E-state index in [1.807, 2.05) is 38.1 Å². The normalized spacial score (nSPS) is 17.9. The number of benzene rings is 1. The summed E-state index contributed by atoms with van der Waals surface area (Å²) in [5, 5.41) is 9.33. The lowest BCUT2D eigenvalue weighted by Crippen LogP contribution is -2.50. The lowest BCUT2D eigenvalue weighted by atomic mass is 9.94.